The molecule has 4 nitrogen and oxygen atoms in total. The van der Waals surface area contributed by atoms with Gasteiger partial charge in [0.15, 0.2) is 0 Å². The van der Waals surface area contributed by atoms with Crippen LogP contribution < -0.4 is 10.6 Å². The molecule has 0 fully saturated rings. The monoisotopic (exact) mass is 244 g/mol. The first-order valence-electron chi connectivity index (χ1n) is 5.95. The standard InChI is InChI=1S/C14H16N2O2/c1-9-6-7-10(13(17)15-2)8-12(9)14(18)16-11-4-3-5-11/h4,6-8H,3,5H2,1-2H3,(H,15,17)(H,16,18). The lowest BCUT2D eigenvalue weighted by molar-refractivity contribution is 0.0962. The highest BCUT2D eigenvalue weighted by Gasteiger charge is 2.15. The Bertz CT molecular complexity index is 533. The molecule has 0 aromatic heterocycles. The van der Waals surface area contributed by atoms with E-state index in [4.69, 9.17) is 0 Å². The van der Waals surface area contributed by atoms with E-state index in [1.54, 1.807) is 25.2 Å². The molecule has 0 aliphatic heterocycles. The molecule has 0 atom stereocenters. The van der Waals surface area contributed by atoms with Crippen LogP contribution in [0.25, 0.3) is 0 Å². The fourth-order valence-electron chi connectivity index (χ4n) is 1.77. The second kappa shape index (κ2) is 5.04. The van der Waals surface area contributed by atoms with Crippen molar-refractivity contribution in [3.63, 3.8) is 0 Å². The maximum Gasteiger partial charge on any atom is 0.255 e. The summed E-state index contributed by atoms with van der Waals surface area (Å²) in [5.74, 6) is -0.337. The Balaban J connectivity index is 2.25. The van der Waals surface area contributed by atoms with Gasteiger partial charge >= 0.3 is 0 Å². The summed E-state index contributed by atoms with van der Waals surface area (Å²) in [7, 11) is 1.57. The lowest BCUT2D eigenvalue weighted by atomic mass is 10.0. The van der Waals surface area contributed by atoms with Crippen molar-refractivity contribution >= 4 is 11.8 Å². The molecule has 4 heteroatoms. The summed E-state index contributed by atoms with van der Waals surface area (Å²) < 4.78 is 0. The van der Waals surface area contributed by atoms with Crippen LogP contribution in [-0.2, 0) is 0 Å². The molecule has 2 N–H and O–H groups in total. The average molecular weight is 244 g/mol. The number of benzene rings is 1. The molecule has 0 heterocycles. The zero-order valence-electron chi connectivity index (χ0n) is 10.5. The highest BCUT2D eigenvalue weighted by Crippen LogP contribution is 2.17. The Kier molecular flexibility index (Phi) is 3.46. The molecule has 1 aromatic carbocycles. The summed E-state index contributed by atoms with van der Waals surface area (Å²) in [5, 5.41) is 5.40. The lowest BCUT2D eigenvalue weighted by Crippen LogP contribution is -2.26. The van der Waals surface area contributed by atoms with Gasteiger partial charge in [0, 0.05) is 23.9 Å². The van der Waals surface area contributed by atoms with Gasteiger partial charge in [0.1, 0.15) is 0 Å². The van der Waals surface area contributed by atoms with Crippen LogP contribution in [0.2, 0.25) is 0 Å². The van der Waals surface area contributed by atoms with Crippen LogP contribution in [0.5, 0.6) is 0 Å². The smallest absolute Gasteiger partial charge is 0.255 e. The summed E-state index contributed by atoms with van der Waals surface area (Å²) >= 11 is 0. The zero-order chi connectivity index (χ0) is 13.1. The van der Waals surface area contributed by atoms with Gasteiger partial charge in [-0.05, 0) is 37.5 Å². The minimum Gasteiger partial charge on any atom is -0.355 e. The van der Waals surface area contributed by atoms with E-state index in [9.17, 15) is 9.59 Å². The van der Waals surface area contributed by atoms with Gasteiger partial charge in [0.25, 0.3) is 11.8 Å². The van der Waals surface area contributed by atoms with E-state index in [1.165, 1.54) is 0 Å². The van der Waals surface area contributed by atoms with E-state index < -0.39 is 0 Å². The van der Waals surface area contributed by atoms with Crippen molar-refractivity contribution < 1.29 is 9.59 Å². The number of carbonyl (C=O) groups is 2. The molecule has 94 valence electrons. The second-order valence-corrected chi connectivity index (χ2v) is 4.33. The summed E-state index contributed by atoms with van der Waals surface area (Å²) in [5.41, 5.74) is 2.87. The fraction of sp³-hybridized carbons (Fsp3) is 0.286. The highest BCUT2D eigenvalue weighted by atomic mass is 16.2. The zero-order valence-corrected chi connectivity index (χ0v) is 10.5. The number of amides is 2. The number of nitrogens with one attached hydrogen (secondary N) is 2. The highest BCUT2D eigenvalue weighted by molar-refractivity contribution is 6.01. The van der Waals surface area contributed by atoms with Gasteiger partial charge in [-0.2, -0.15) is 0 Å². The topological polar surface area (TPSA) is 58.2 Å². The minimum atomic E-state index is -0.188. The van der Waals surface area contributed by atoms with Crippen LogP contribution in [0.1, 0.15) is 39.1 Å². The van der Waals surface area contributed by atoms with E-state index in [1.807, 2.05) is 13.0 Å². The molecule has 2 amide bonds. The molecule has 0 bridgehead atoms. The van der Waals surface area contributed by atoms with Gasteiger partial charge in [0.05, 0.1) is 0 Å². The Morgan fingerprint density at radius 2 is 1.94 bits per heavy atom. The molecule has 18 heavy (non-hydrogen) atoms. The van der Waals surface area contributed by atoms with Gasteiger partial charge in [-0.1, -0.05) is 12.1 Å². The number of hydrogen-bond acceptors (Lipinski definition) is 2. The number of hydrogen-bond donors (Lipinski definition) is 2. The van der Waals surface area contributed by atoms with Crippen LogP contribution in [0, 0.1) is 6.92 Å². The van der Waals surface area contributed by atoms with E-state index in [0.29, 0.717) is 11.1 Å². The Labute approximate surface area is 106 Å². The second-order valence-electron chi connectivity index (χ2n) is 4.33. The van der Waals surface area contributed by atoms with Crippen LogP contribution in [0.3, 0.4) is 0 Å². The van der Waals surface area contributed by atoms with E-state index in [2.05, 4.69) is 10.6 Å². The van der Waals surface area contributed by atoms with Crippen molar-refractivity contribution in [1.82, 2.24) is 10.6 Å². The Hall–Kier alpha value is -2.10. The first-order valence-corrected chi connectivity index (χ1v) is 5.95. The molecule has 0 saturated carbocycles. The lowest BCUT2D eigenvalue weighted by Gasteiger charge is -2.16. The molecule has 1 aliphatic rings. The molecular formula is C14H16N2O2. The maximum atomic E-state index is 12.0. The number of carbonyl (C=O) groups excluding carboxylic acids is 2. The number of aryl methyl sites for hydroxylation is 1. The predicted molar refractivity (Wildman–Crippen MR) is 69.4 cm³/mol. The molecular weight excluding hydrogens is 228 g/mol. The number of rotatable bonds is 3. The van der Waals surface area contributed by atoms with Crippen molar-refractivity contribution in [2.75, 3.05) is 7.05 Å². The molecule has 2 rings (SSSR count). The van der Waals surface area contributed by atoms with E-state index in [-0.39, 0.29) is 11.8 Å². The third kappa shape index (κ3) is 2.42. The predicted octanol–water partition coefficient (Wildman–Crippen LogP) is 1.76. The quantitative estimate of drug-likeness (QED) is 0.851. The molecule has 0 unspecified atom stereocenters. The van der Waals surface area contributed by atoms with Gasteiger partial charge in [-0.15, -0.1) is 0 Å². The Morgan fingerprint density at radius 3 is 2.50 bits per heavy atom. The molecule has 1 aromatic rings. The summed E-state index contributed by atoms with van der Waals surface area (Å²) in [4.78, 5) is 23.6. The Morgan fingerprint density at radius 1 is 1.22 bits per heavy atom. The van der Waals surface area contributed by atoms with Crippen molar-refractivity contribution in [2.24, 2.45) is 0 Å². The molecule has 0 saturated heterocycles. The van der Waals surface area contributed by atoms with E-state index >= 15 is 0 Å². The third-order valence-corrected chi connectivity index (χ3v) is 3.05. The molecule has 0 spiro atoms. The summed E-state index contributed by atoms with van der Waals surface area (Å²) in [6.45, 7) is 1.86. The van der Waals surface area contributed by atoms with E-state index in [0.717, 1.165) is 24.1 Å². The molecule has 0 radical (unpaired) electrons. The van der Waals surface area contributed by atoms with Crippen molar-refractivity contribution in [3.05, 3.63) is 46.7 Å². The van der Waals surface area contributed by atoms with Gasteiger partial charge in [-0.25, -0.2) is 0 Å². The van der Waals surface area contributed by atoms with Gasteiger partial charge in [0.2, 0.25) is 0 Å². The SMILES string of the molecule is CNC(=O)c1ccc(C)c(C(=O)NC2=CCC2)c1. The first kappa shape index (κ1) is 12.4. The third-order valence-electron chi connectivity index (χ3n) is 3.05. The average Bonchev–Trinajstić information content (AvgIpc) is 2.33. The van der Waals surface area contributed by atoms with Crippen LogP contribution >= 0.6 is 0 Å². The van der Waals surface area contributed by atoms with Crippen LogP contribution in [0.15, 0.2) is 30.0 Å². The van der Waals surface area contributed by atoms with Gasteiger partial charge in [-0.3, -0.25) is 9.59 Å². The van der Waals surface area contributed by atoms with Gasteiger partial charge < -0.3 is 10.6 Å². The van der Waals surface area contributed by atoms with Crippen molar-refractivity contribution in [2.45, 2.75) is 19.8 Å². The number of allylic oxidation sites excluding steroid dienone is 2. The molecule has 1 aliphatic carbocycles. The van der Waals surface area contributed by atoms with Crippen molar-refractivity contribution in [3.8, 4) is 0 Å². The minimum absolute atomic E-state index is 0.149. The maximum absolute atomic E-state index is 12.0. The largest absolute Gasteiger partial charge is 0.355 e. The van der Waals surface area contributed by atoms with Crippen molar-refractivity contribution in [1.29, 1.82) is 0 Å². The normalized spacial score (nSPS) is 13.3. The fourth-order valence-corrected chi connectivity index (χ4v) is 1.77. The van der Waals surface area contributed by atoms with Crippen LogP contribution in [0.4, 0.5) is 0 Å². The van der Waals surface area contributed by atoms with Crippen LogP contribution in [-0.4, -0.2) is 18.9 Å². The summed E-state index contributed by atoms with van der Waals surface area (Å²) in [6, 6.07) is 5.13. The summed E-state index contributed by atoms with van der Waals surface area (Å²) in [6.07, 6.45) is 3.93. The first-order chi connectivity index (χ1) is 8.61.